The van der Waals surface area contributed by atoms with Gasteiger partial charge in [0.05, 0.1) is 0 Å². The van der Waals surface area contributed by atoms with E-state index in [0.29, 0.717) is 6.04 Å². The van der Waals surface area contributed by atoms with Crippen LogP contribution in [0.4, 0.5) is 0 Å². The summed E-state index contributed by atoms with van der Waals surface area (Å²) in [6, 6.07) is 1.36. The summed E-state index contributed by atoms with van der Waals surface area (Å²) in [7, 11) is 0. The Hall–Kier alpha value is 0.210. The molecule has 0 bridgehead atoms. The Labute approximate surface area is 119 Å². The van der Waals surface area contributed by atoms with Crippen molar-refractivity contribution in [2.24, 2.45) is 11.7 Å². The molecule has 1 saturated carbocycles. The third kappa shape index (κ3) is 4.40. The zero-order valence-corrected chi connectivity index (χ0v) is 12.8. The van der Waals surface area contributed by atoms with Crippen molar-refractivity contribution in [2.75, 3.05) is 13.1 Å². The van der Waals surface area contributed by atoms with E-state index < -0.39 is 0 Å². The van der Waals surface area contributed by atoms with Gasteiger partial charge in [0.15, 0.2) is 0 Å². The van der Waals surface area contributed by atoms with Crippen LogP contribution < -0.4 is 5.73 Å². The molecule has 108 valence electrons. The Bertz CT molecular complexity index is 217. The Morgan fingerprint density at radius 3 is 2.50 bits per heavy atom. The molecule has 0 radical (unpaired) electrons. The Morgan fingerprint density at radius 2 is 1.83 bits per heavy atom. The summed E-state index contributed by atoms with van der Waals surface area (Å²) in [6.45, 7) is 4.83. The predicted octanol–water partition coefficient (Wildman–Crippen LogP) is 3.58. The third-order valence-electron chi connectivity index (χ3n) is 4.84. The van der Waals surface area contributed by atoms with Crippen molar-refractivity contribution >= 4 is 12.4 Å². The first-order valence-corrected chi connectivity index (χ1v) is 7.81. The van der Waals surface area contributed by atoms with E-state index in [0.717, 1.165) is 12.0 Å². The lowest BCUT2D eigenvalue weighted by molar-refractivity contribution is 0.0830. The van der Waals surface area contributed by atoms with Crippen LogP contribution in [0.2, 0.25) is 0 Å². The highest BCUT2D eigenvalue weighted by atomic mass is 35.5. The van der Waals surface area contributed by atoms with Gasteiger partial charge in [-0.15, -0.1) is 12.4 Å². The maximum atomic E-state index is 6.28. The minimum Gasteiger partial charge on any atom is -0.327 e. The monoisotopic (exact) mass is 274 g/mol. The zero-order valence-electron chi connectivity index (χ0n) is 11.9. The van der Waals surface area contributed by atoms with Gasteiger partial charge < -0.3 is 5.73 Å². The van der Waals surface area contributed by atoms with Crippen molar-refractivity contribution in [3.8, 4) is 0 Å². The molecule has 2 atom stereocenters. The average molecular weight is 275 g/mol. The highest BCUT2D eigenvalue weighted by molar-refractivity contribution is 5.85. The number of piperidine rings is 1. The second-order valence-electron chi connectivity index (χ2n) is 6.14. The molecule has 1 aliphatic heterocycles. The van der Waals surface area contributed by atoms with Gasteiger partial charge in [0, 0.05) is 18.6 Å². The van der Waals surface area contributed by atoms with Gasteiger partial charge in [-0.2, -0.15) is 0 Å². The van der Waals surface area contributed by atoms with E-state index >= 15 is 0 Å². The maximum absolute atomic E-state index is 6.28. The SMILES string of the molecule is CCCCC1CN(C2CCCCC2)CCC1N.Cl. The molecule has 0 spiro atoms. The van der Waals surface area contributed by atoms with Gasteiger partial charge in [0.1, 0.15) is 0 Å². The van der Waals surface area contributed by atoms with Crippen molar-refractivity contribution < 1.29 is 0 Å². The highest BCUT2D eigenvalue weighted by Gasteiger charge is 2.30. The van der Waals surface area contributed by atoms with Crippen LogP contribution in [0.5, 0.6) is 0 Å². The molecule has 1 heterocycles. The van der Waals surface area contributed by atoms with E-state index in [1.54, 1.807) is 0 Å². The molecule has 2 nitrogen and oxygen atoms in total. The zero-order chi connectivity index (χ0) is 12.1. The lowest BCUT2D eigenvalue weighted by Gasteiger charge is -2.42. The van der Waals surface area contributed by atoms with Gasteiger partial charge in [-0.05, 0) is 38.1 Å². The van der Waals surface area contributed by atoms with Gasteiger partial charge in [0.25, 0.3) is 0 Å². The first kappa shape index (κ1) is 16.3. The summed E-state index contributed by atoms with van der Waals surface area (Å²) >= 11 is 0. The fourth-order valence-corrected chi connectivity index (χ4v) is 3.63. The number of unbranched alkanes of at least 4 members (excludes halogenated alkanes) is 1. The van der Waals surface area contributed by atoms with Crippen LogP contribution in [0.1, 0.15) is 64.7 Å². The topological polar surface area (TPSA) is 29.3 Å². The number of nitrogens with two attached hydrogens (primary N) is 1. The molecule has 1 aliphatic carbocycles. The molecular weight excluding hydrogens is 244 g/mol. The number of hydrogen-bond acceptors (Lipinski definition) is 2. The Kier molecular flexibility index (Phi) is 7.59. The fourth-order valence-electron chi connectivity index (χ4n) is 3.63. The van der Waals surface area contributed by atoms with E-state index in [2.05, 4.69) is 11.8 Å². The van der Waals surface area contributed by atoms with E-state index in [9.17, 15) is 0 Å². The summed E-state index contributed by atoms with van der Waals surface area (Å²) in [5.74, 6) is 0.769. The predicted molar refractivity (Wildman–Crippen MR) is 81.3 cm³/mol. The van der Waals surface area contributed by atoms with E-state index in [1.165, 1.54) is 70.9 Å². The molecule has 1 saturated heterocycles. The van der Waals surface area contributed by atoms with Crippen molar-refractivity contribution in [3.63, 3.8) is 0 Å². The summed E-state index contributed by atoms with van der Waals surface area (Å²) in [5.41, 5.74) is 6.28. The van der Waals surface area contributed by atoms with Gasteiger partial charge in [-0.3, -0.25) is 4.90 Å². The molecule has 3 heteroatoms. The van der Waals surface area contributed by atoms with Crippen LogP contribution in [-0.4, -0.2) is 30.1 Å². The lowest BCUT2D eigenvalue weighted by atomic mass is 9.85. The number of likely N-dealkylation sites (tertiary alicyclic amines) is 1. The van der Waals surface area contributed by atoms with Crippen molar-refractivity contribution in [1.82, 2.24) is 4.90 Å². The minimum atomic E-state index is 0. The van der Waals surface area contributed by atoms with Gasteiger partial charge in [-0.25, -0.2) is 0 Å². The second kappa shape index (κ2) is 8.39. The molecule has 2 rings (SSSR count). The summed E-state index contributed by atoms with van der Waals surface area (Å²) in [4.78, 5) is 2.77. The van der Waals surface area contributed by atoms with Crippen LogP contribution in [0.15, 0.2) is 0 Å². The van der Waals surface area contributed by atoms with Gasteiger partial charge in [-0.1, -0.05) is 39.0 Å². The molecule has 0 aromatic rings. The molecule has 2 N–H and O–H groups in total. The Morgan fingerprint density at radius 1 is 1.11 bits per heavy atom. The quantitative estimate of drug-likeness (QED) is 0.849. The Balaban J connectivity index is 0.00000162. The largest absolute Gasteiger partial charge is 0.327 e. The summed E-state index contributed by atoms with van der Waals surface area (Å²) in [5, 5.41) is 0. The van der Waals surface area contributed by atoms with Crippen LogP contribution >= 0.6 is 12.4 Å². The second-order valence-corrected chi connectivity index (χ2v) is 6.14. The highest BCUT2D eigenvalue weighted by Crippen LogP contribution is 2.28. The van der Waals surface area contributed by atoms with Crippen molar-refractivity contribution in [2.45, 2.75) is 76.8 Å². The fraction of sp³-hybridized carbons (Fsp3) is 1.00. The number of hydrogen-bond donors (Lipinski definition) is 1. The molecule has 2 unspecified atom stereocenters. The van der Waals surface area contributed by atoms with E-state index in [1.807, 2.05) is 0 Å². The first-order valence-electron chi connectivity index (χ1n) is 7.81. The third-order valence-corrected chi connectivity index (χ3v) is 4.84. The average Bonchev–Trinajstić information content (AvgIpc) is 2.39. The molecule has 0 aromatic carbocycles. The molecule has 2 fully saturated rings. The normalized spacial score (nSPS) is 31.0. The van der Waals surface area contributed by atoms with Crippen molar-refractivity contribution in [1.29, 1.82) is 0 Å². The van der Waals surface area contributed by atoms with Crippen LogP contribution in [0.25, 0.3) is 0 Å². The van der Waals surface area contributed by atoms with Crippen LogP contribution in [0.3, 0.4) is 0 Å². The van der Waals surface area contributed by atoms with E-state index in [-0.39, 0.29) is 12.4 Å². The summed E-state index contributed by atoms with van der Waals surface area (Å²) in [6.07, 6.45) is 12.5. The molecule has 0 aromatic heterocycles. The van der Waals surface area contributed by atoms with Gasteiger partial charge >= 0.3 is 0 Å². The minimum absolute atomic E-state index is 0. The number of rotatable bonds is 4. The van der Waals surface area contributed by atoms with Crippen LogP contribution in [0, 0.1) is 5.92 Å². The number of nitrogens with zero attached hydrogens (tertiary/aromatic N) is 1. The lowest BCUT2D eigenvalue weighted by Crippen LogP contribution is -2.51. The van der Waals surface area contributed by atoms with Crippen molar-refractivity contribution in [3.05, 3.63) is 0 Å². The molecule has 2 aliphatic rings. The molecular formula is C15H31ClN2. The summed E-state index contributed by atoms with van der Waals surface area (Å²) < 4.78 is 0. The first-order chi connectivity index (χ1) is 8.31. The van der Waals surface area contributed by atoms with E-state index in [4.69, 9.17) is 5.73 Å². The molecule has 18 heavy (non-hydrogen) atoms. The number of halogens is 1. The van der Waals surface area contributed by atoms with Crippen LogP contribution in [-0.2, 0) is 0 Å². The smallest absolute Gasteiger partial charge is 0.00953 e. The maximum Gasteiger partial charge on any atom is 0.00953 e. The molecule has 0 amide bonds. The standard InChI is InChI=1S/C15H30N2.ClH/c1-2-3-7-13-12-17(11-10-15(13)16)14-8-5-4-6-9-14;/h13-15H,2-12,16H2,1H3;1H. The van der Waals surface area contributed by atoms with Gasteiger partial charge in [0.2, 0.25) is 0 Å².